The van der Waals surface area contributed by atoms with E-state index in [4.69, 9.17) is 4.99 Å². The predicted molar refractivity (Wildman–Crippen MR) is 83.2 cm³/mol. The number of para-hydroxylation sites is 2. The van der Waals surface area contributed by atoms with Gasteiger partial charge in [0, 0.05) is 25.6 Å². The van der Waals surface area contributed by atoms with Crippen molar-refractivity contribution in [2.24, 2.45) is 9.98 Å². The summed E-state index contributed by atoms with van der Waals surface area (Å²) < 4.78 is 0. The second-order valence-corrected chi connectivity index (χ2v) is 5.23. The van der Waals surface area contributed by atoms with Gasteiger partial charge in [0.05, 0.1) is 5.69 Å². The van der Waals surface area contributed by atoms with Gasteiger partial charge in [0.2, 0.25) is 0 Å². The summed E-state index contributed by atoms with van der Waals surface area (Å²) >= 11 is 0. The lowest BCUT2D eigenvalue weighted by atomic mass is 10.1. The molecule has 0 bridgehead atoms. The Hall–Kier alpha value is -2.42. The van der Waals surface area contributed by atoms with Gasteiger partial charge in [-0.3, -0.25) is 0 Å². The Morgan fingerprint density at radius 2 is 1.70 bits per heavy atom. The van der Waals surface area contributed by atoms with Crippen LogP contribution in [0.5, 0.6) is 0 Å². The minimum atomic E-state index is 0.837. The van der Waals surface area contributed by atoms with E-state index in [1.807, 2.05) is 6.07 Å². The zero-order valence-electron chi connectivity index (χ0n) is 11.4. The van der Waals surface area contributed by atoms with Crippen molar-refractivity contribution in [2.75, 3.05) is 11.9 Å². The van der Waals surface area contributed by atoms with Gasteiger partial charge in [-0.15, -0.1) is 0 Å². The summed E-state index contributed by atoms with van der Waals surface area (Å²) in [6.07, 6.45) is 1.73. The van der Waals surface area contributed by atoms with E-state index in [1.165, 1.54) is 16.8 Å². The highest BCUT2D eigenvalue weighted by molar-refractivity contribution is 6.11. The van der Waals surface area contributed by atoms with Crippen molar-refractivity contribution in [3.8, 4) is 0 Å². The Morgan fingerprint density at radius 1 is 0.950 bits per heavy atom. The average Bonchev–Trinajstić information content (AvgIpc) is 3.01. The van der Waals surface area contributed by atoms with Crippen LogP contribution in [-0.4, -0.2) is 18.7 Å². The molecule has 0 fully saturated rings. The number of likely N-dealkylation sites (N-methyl/N-ethyl adjacent to an activating group) is 1. The molecule has 0 atom stereocenters. The summed E-state index contributed by atoms with van der Waals surface area (Å²) in [6, 6.07) is 16.7. The first kappa shape index (κ1) is 11.4. The van der Waals surface area contributed by atoms with E-state index in [2.05, 4.69) is 59.4 Å². The quantitative estimate of drug-likeness (QED) is 0.714. The molecule has 0 saturated heterocycles. The van der Waals surface area contributed by atoms with Crippen LogP contribution in [0.4, 0.5) is 11.4 Å². The van der Waals surface area contributed by atoms with Crippen LogP contribution in [-0.2, 0) is 12.8 Å². The molecule has 2 aliphatic heterocycles. The molecule has 2 aliphatic rings. The van der Waals surface area contributed by atoms with Gasteiger partial charge in [-0.05, 0) is 23.3 Å². The van der Waals surface area contributed by atoms with Gasteiger partial charge in [0.25, 0.3) is 0 Å². The fourth-order valence-electron chi connectivity index (χ4n) is 2.86. The molecule has 98 valence electrons. The molecular weight excluding hydrogens is 246 g/mol. The van der Waals surface area contributed by atoms with E-state index < -0.39 is 0 Å². The van der Waals surface area contributed by atoms with E-state index >= 15 is 0 Å². The topological polar surface area (TPSA) is 28.0 Å². The maximum absolute atomic E-state index is 4.78. The number of anilines is 1. The third-order valence-electron chi connectivity index (χ3n) is 3.94. The molecule has 0 N–H and O–H groups in total. The molecular formula is C17H15N3. The molecule has 0 radical (unpaired) electrons. The standard InChI is InChI=1S/C17H15N3/c1-20-15-9-5-3-7-13(15)11-17(20)19-16-10-12-6-2-4-8-14(12)18-16/h2-9H,10-11H2,1H3. The number of hydrogen-bond donors (Lipinski definition) is 0. The van der Waals surface area contributed by atoms with Gasteiger partial charge in [-0.1, -0.05) is 36.4 Å². The lowest BCUT2D eigenvalue weighted by molar-refractivity contribution is 1.26. The first-order valence-electron chi connectivity index (χ1n) is 6.86. The van der Waals surface area contributed by atoms with Crippen LogP contribution in [0.15, 0.2) is 58.5 Å². The summed E-state index contributed by atoms with van der Waals surface area (Å²) in [5.74, 6) is 2.00. The molecule has 20 heavy (non-hydrogen) atoms. The Balaban J connectivity index is 1.65. The minimum Gasteiger partial charge on any atom is -0.332 e. The maximum atomic E-state index is 4.78. The lowest BCUT2D eigenvalue weighted by Gasteiger charge is -2.13. The number of benzene rings is 2. The Labute approximate surface area is 118 Å². The molecule has 2 aromatic carbocycles. The summed E-state index contributed by atoms with van der Waals surface area (Å²) in [7, 11) is 2.08. The van der Waals surface area contributed by atoms with E-state index in [0.29, 0.717) is 0 Å². The molecule has 0 saturated carbocycles. The maximum Gasteiger partial charge on any atom is 0.135 e. The third kappa shape index (κ3) is 1.74. The van der Waals surface area contributed by atoms with Crippen LogP contribution in [0, 0.1) is 0 Å². The van der Waals surface area contributed by atoms with Crippen molar-refractivity contribution >= 4 is 23.0 Å². The molecule has 3 heteroatoms. The third-order valence-corrected chi connectivity index (χ3v) is 3.94. The normalized spacial score (nSPS) is 18.1. The highest BCUT2D eigenvalue weighted by Crippen LogP contribution is 2.30. The summed E-state index contributed by atoms with van der Waals surface area (Å²) in [5, 5.41) is 0. The van der Waals surface area contributed by atoms with Gasteiger partial charge >= 0.3 is 0 Å². The molecule has 0 spiro atoms. The Morgan fingerprint density at radius 3 is 2.50 bits per heavy atom. The summed E-state index contributed by atoms with van der Waals surface area (Å²) in [5.41, 5.74) is 4.92. The largest absolute Gasteiger partial charge is 0.332 e. The van der Waals surface area contributed by atoms with Crippen LogP contribution in [0.2, 0.25) is 0 Å². The monoisotopic (exact) mass is 261 g/mol. The highest BCUT2D eigenvalue weighted by Gasteiger charge is 2.23. The first-order valence-corrected chi connectivity index (χ1v) is 6.86. The van der Waals surface area contributed by atoms with Crippen molar-refractivity contribution in [3.05, 3.63) is 59.7 Å². The fourth-order valence-corrected chi connectivity index (χ4v) is 2.86. The number of hydrogen-bond acceptors (Lipinski definition) is 2. The van der Waals surface area contributed by atoms with Gasteiger partial charge < -0.3 is 4.90 Å². The van der Waals surface area contributed by atoms with Crippen molar-refractivity contribution in [3.63, 3.8) is 0 Å². The zero-order chi connectivity index (χ0) is 13.5. The van der Waals surface area contributed by atoms with Gasteiger partial charge in [0.15, 0.2) is 0 Å². The molecule has 0 aromatic heterocycles. The Bertz CT molecular complexity index is 743. The molecule has 0 aliphatic carbocycles. The summed E-state index contributed by atoms with van der Waals surface area (Å²) in [6.45, 7) is 0. The minimum absolute atomic E-state index is 0.837. The van der Waals surface area contributed by atoms with Crippen LogP contribution in [0.1, 0.15) is 11.1 Å². The van der Waals surface area contributed by atoms with Crippen molar-refractivity contribution in [1.82, 2.24) is 0 Å². The van der Waals surface area contributed by atoms with E-state index in [9.17, 15) is 0 Å². The number of fused-ring (bicyclic) bond motifs is 2. The molecule has 0 unspecified atom stereocenters. The van der Waals surface area contributed by atoms with Crippen LogP contribution >= 0.6 is 0 Å². The predicted octanol–water partition coefficient (Wildman–Crippen LogP) is 3.36. The van der Waals surface area contributed by atoms with Crippen molar-refractivity contribution in [2.45, 2.75) is 12.8 Å². The fraction of sp³-hybridized carbons (Fsp3) is 0.176. The van der Waals surface area contributed by atoms with E-state index in [0.717, 1.165) is 30.2 Å². The molecule has 2 aromatic rings. The Kier molecular flexibility index (Phi) is 2.46. The van der Waals surface area contributed by atoms with Crippen LogP contribution in [0.3, 0.4) is 0 Å². The van der Waals surface area contributed by atoms with Gasteiger partial charge in [0.1, 0.15) is 11.7 Å². The smallest absolute Gasteiger partial charge is 0.135 e. The SMILES string of the molecule is CN1C(=NC2=Nc3ccccc3C2)Cc2ccccc21. The molecule has 4 rings (SSSR count). The number of nitrogens with zero attached hydrogens (tertiary/aromatic N) is 3. The van der Waals surface area contributed by atoms with Crippen molar-refractivity contribution in [1.29, 1.82) is 0 Å². The number of aliphatic imine (C=N–C) groups is 2. The van der Waals surface area contributed by atoms with Crippen molar-refractivity contribution < 1.29 is 0 Å². The second kappa shape index (κ2) is 4.30. The second-order valence-electron chi connectivity index (χ2n) is 5.23. The highest BCUT2D eigenvalue weighted by atomic mass is 15.2. The van der Waals surface area contributed by atoms with Gasteiger partial charge in [-0.25, -0.2) is 9.98 Å². The lowest BCUT2D eigenvalue weighted by Crippen LogP contribution is -2.22. The first-order chi connectivity index (χ1) is 9.81. The molecule has 2 heterocycles. The van der Waals surface area contributed by atoms with Gasteiger partial charge in [-0.2, -0.15) is 0 Å². The number of amidine groups is 2. The zero-order valence-corrected chi connectivity index (χ0v) is 11.4. The van der Waals surface area contributed by atoms with E-state index in [1.54, 1.807) is 0 Å². The molecule has 3 nitrogen and oxygen atoms in total. The molecule has 0 amide bonds. The van der Waals surface area contributed by atoms with E-state index in [-0.39, 0.29) is 0 Å². The van der Waals surface area contributed by atoms with Crippen LogP contribution < -0.4 is 4.90 Å². The van der Waals surface area contributed by atoms with Crippen LogP contribution in [0.25, 0.3) is 0 Å². The summed E-state index contributed by atoms with van der Waals surface area (Å²) in [4.78, 5) is 11.6. The average molecular weight is 261 g/mol. The number of rotatable bonds is 0.